The summed E-state index contributed by atoms with van der Waals surface area (Å²) in [6.07, 6.45) is 1.48. The van der Waals surface area contributed by atoms with E-state index in [0.29, 0.717) is 6.61 Å². The van der Waals surface area contributed by atoms with Crippen molar-refractivity contribution >= 4 is 22.6 Å². The lowest BCUT2D eigenvalue weighted by Crippen LogP contribution is -2.05. The highest BCUT2D eigenvalue weighted by Crippen LogP contribution is 2.30. The minimum absolute atomic E-state index is 0.321. The van der Waals surface area contributed by atoms with Crippen LogP contribution >= 0.6 is 0 Å². The van der Waals surface area contributed by atoms with E-state index in [1.165, 1.54) is 28.2 Å². The standard InChI is InChI=1S/C18H24N2O2/c1-7-22-18(21)9-12(3)19-16-10-15-13(4)14(5)20(6)17(15)8-11(16)2/h8-10,19H,7H2,1-6H3. The number of aryl methyl sites for hydroxylation is 3. The van der Waals surface area contributed by atoms with E-state index < -0.39 is 0 Å². The van der Waals surface area contributed by atoms with E-state index in [1.54, 1.807) is 6.92 Å². The molecule has 0 aliphatic heterocycles. The zero-order chi connectivity index (χ0) is 16.4. The maximum absolute atomic E-state index is 11.5. The second-order valence-electron chi connectivity index (χ2n) is 5.66. The van der Waals surface area contributed by atoms with Gasteiger partial charge in [-0.15, -0.1) is 0 Å². The molecule has 4 heteroatoms. The molecule has 1 aromatic heterocycles. The SMILES string of the molecule is CCOC(=O)C=C(C)Nc1cc2c(C)c(C)n(C)c2cc1C. The van der Waals surface area contributed by atoms with Gasteiger partial charge in [-0.1, -0.05) is 0 Å². The van der Waals surface area contributed by atoms with Crippen molar-refractivity contribution in [3.8, 4) is 0 Å². The van der Waals surface area contributed by atoms with Gasteiger partial charge in [0.05, 0.1) is 6.61 Å². The van der Waals surface area contributed by atoms with E-state index in [4.69, 9.17) is 4.74 Å². The summed E-state index contributed by atoms with van der Waals surface area (Å²) in [6.45, 7) is 10.4. The maximum atomic E-state index is 11.5. The van der Waals surface area contributed by atoms with Crippen LogP contribution in [0.2, 0.25) is 0 Å². The Balaban J connectivity index is 2.38. The fraction of sp³-hybridized carbons (Fsp3) is 0.389. The van der Waals surface area contributed by atoms with Gasteiger partial charge in [0.15, 0.2) is 0 Å². The zero-order valence-electron chi connectivity index (χ0n) is 14.2. The summed E-state index contributed by atoms with van der Waals surface area (Å²) < 4.78 is 7.14. The predicted molar refractivity (Wildman–Crippen MR) is 91.1 cm³/mol. The summed E-state index contributed by atoms with van der Waals surface area (Å²) in [6, 6.07) is 4.32. The van der Waals surface area contributed by atoms with Crippen LogP contribution < -0.4 is 5.32 Å². The Bertz CT molecular complexity index is 754. The molecule has 0 saturated heterocycles. The number of hydrogen-bond acceptors (Lipinski definition) is 3. The van der Waals surface area contributed by atoms with Gasteiger partial charge in [0.1, 0.15) is 0 Å². The summed E-state index contributed by atoms with van der Waals surface area (Å²) in [5.74, 6) is -0.321. The number of rotatable bonds is 4. The Labute approximate surface area is 131 Å². The number of benzene rings is 1. The molecule has 2 rings (SSSR count). The first kappa shape index (κ1) is 16.1. The molecule has 0 bridgehead atoms. The van der Waals surface area contributed by atoms with Gasteiger partial charge in [-0.25, -0.2) is 4.79 Å². The summed E-state index contributed by atoms with van der Waals surface area (Å²) in [5, 5.41) is 4.53. The second kappa shape index (κ2) is 6.26. The van der Waals surface area contributed by atoms with Crippen molar-refractivity contribution in [1.29, 1.82) is 0 Å². The zero-order valence-corrected chi connectivity index (χ0v) is 14.2. The van der Waals surface area contributed by atoms with Gasteiger partial charge in [-0.2, -0.15) is 0 Å². The number of carbonyl (C=O) groups is 1. The summed E-state index contributed by atoms with van der Waals surface area (Å²) in [5.41, 5.74) is 6.71. The number of aromatic nitrogens is 1. The number of fused-ring (bicyclic) bond motifs is 1. The largest absolute Gasteiger partial charge is 0.463 e. The molecule has 2 aromatic rings. The molecule has 0 spiro atoms. The Morgan fingerprint density at radius 2 is 2.00 bits per heavy atom. The van der Waals surface area contributed by atoms with E-state index in [-0.39, 0.29) is 5.97 Å². The molecular weight excluding hydrogens is 276 g/mol. The lowest BCUT2D eigenvalue weighted by molar-refractivity contribution is -0.137. The highest BCUT2D eigenvalue weighted by Gasteiger charge is 2.11. The van der Waals surface area contributed by atoms with Crippen molar-refractivity contribution in [2.75, 3.05) is 11.9 Å². The molecule has 0 atom stereocenters. The quantitative estimate of drug-likeness (QED) is 0.686. The van der Waals surface area contributed by atoms with Gasteiger partial charge in [-0.05, 0) is 57.9 Å². The molecule has 1 aromatic carbocycles. The first-order valence-electron chi connectivity index (χ1n) is 7.53. The Morgan fingerprint density at radius 3 is 2.64 bits per heavy atom. The van der Waals surface area contributed by atoms with Crippen molar-refractivity contribution in [3.63, 3.8) is 0 Å². The van der Waals surface area contributed by atoms with Crippen molar-refractivity contribution in [1.82, 2.24) is 4.57 Å². The summed E-state index contributed by atoms with van der Waals surface area (Å²) in [7, 11) is 2.09. The molecular formula is C18H24N2O2. The van der Waals surface area contributed by atoms with Crippen LogP contribution in [-0.2, 0) is 16.6 Å². The third kappa shape index (κ3) is 3.01. The number of carbonyl (C=O) groups excluding carboxylic acids is 1. The number of nitrogens with one attached hydrogen (secondary N) is 1. The average Bonchev–Trinajstić information content (AvgIpc) is 2.64. The van der Waals surface area contributed by atoms with E-state index >= 15 is 0 Å². The fourth-order valence-corrected chi connectivity index (χ4v) is 2.64. The van der Waals surface area contributed by atoms with Crippen LogP contribution in [-0.4, -0.2) is 17.1 Å². The third-order valence-electron chi connectivity index (χ3n) is 4.11. The molecule has 0 saturated carbocycles. The van der Waals surface area contributed by atoms with E-state index in [0.717, 1.165) is 16.9 Å². The summed E-state index contributed by atoms with van der Waals surface area (Å²) in [4.78, 5) is 11.5. The molecule has 1 N–H and O–H groups in total. The van der Waals surface area contributed by atoms with Gasteiger partial charge in [0.25, 0.3) is 0 Å². The van der Waals surface area contributed by atoms with Crippen molar-refractivity contribution in [3.05, 3.63) is 40.7 Å². The molecule has 0 radical (unpaired) electrons. The van der Waals surface area contributed by atoms with Crippen molar-refractivity contribution in [2.24, 2.45) is 7.05 Å². The van der Waals surface area contributed by atoms with Crippen LogP contribution in [0.1, 0.15) is 30.7 Å². The number of esters is 1. The van der Waals surface area contributed by atoms with Crippen LogP contribution in [0.3, 0.4) is 0 Å². The van der Waals surface area contributed by atoms with Crippen molar-refractivity contribution in [2.45, 2.75) is 34.6 Å². The predicted octanol–water partition coefficient (Wildman–Crippen LogP) is 3.98. The molecule has 0 amide bonds. The lowest BCUT2D eigenvalue weighted by Gasteiger charge is -2.11. The first-order valence-corrected chi connectivity index (χ1v) is 7.53. The molecule has 0 fully saturated rings. The highest BCUT2D eigenvalue weighted by molar-refractivity contribution is 5.90. The van der Waals surface area contributed by atoms with Gasteiger partial charge < -0.3 is 14.6 Å². The van der Waals surface area contributed by atoms with Gasteiger partial charge in [0, 0.05) is 41.1 Å². The Hall–Kier alpha value is -2.23. The van der Waals surface area contributed by atoms with E-state index in [2.05, 4.69) is 49.8 Å². The highest BCUT2D eigenvalue weighted by atomic mass is 16.5. The molecule has 0 aliphatic carbocycles. The number of ether oxygens (including phenoxy) is 1. The number of hydrogen-bond donors (Lipinski definition) is 1. The number of nitrogens with zero attached hydrogens (tertiary/aromatic N) is 1. The van der Waals surface area contributed by atoms with Crippen molar-refractivity contribution < 1.29 is 9.53 Å². The van der Waals surface area contributed by atoms with Gasteiger partial charge >= 0.3 is 5.97 Å². The molecule has 1 heterocycles. The first-order chi connectivity index (χ1) is 10.3. The van der Waals surface area contributed by atoms with Crippen LogP contribution in [0.25, 0.3) is 10.9 Å². The number of anilines is 1. The maximum Gasteiger partial charge on any atom is 0.332 e. The van der Waals surface area contributed by atoms with E-state index in [9.17, 15) is 4.79 Å². The summed E-state index contributed by atoms with van der Waals surface area (Å²) >= 11 is 0. The minimum Gasteiger partial charge on any atom is -0.463 e. The normalized spacial score (nSPS) is 11.8. The molecule has 4 nitrogen and oxygen atoms in total. The van der Waals surface area contributed by atoms with Crippen LogP contribution in [0.15, 0.2) is 23.9 Å². The fourth-order valence-electron chi connectivity index (χ4n) is 2.64. The van der Waals surface area contributed by atoms with Crippen LogP contribution in [0.5, 0.6) is 0 Å². The second-order valence-corrected chi connectivity index (χ2v) is 5.66. The van der Waals surface area contributed by atoms with E-state index in [1.807, 2.05) is 6.92 Å². The lowest BCUT2D eigenvalue weighted by atomic mass is 10.1. The van der Waals surface area contributed by atoms with Crippen LogP contribution in [0, 0.1) is 20.8 Å². The number of allylic oxidation sites excluding steroid dienone is 1. The van der Waals surface area contributed by atoms with Gasteiger partial charge in [-0.3, -0.25) is 0 Å². The Kier molecular flexibility index (Phi) is 4.59. The van der Waals surface area contributed by atoms with Crippen LogP contribution in [0.4, 0.5) is 5.69 Å². The minimum atomic E-state index is -0.321. The monoisotopic (exact) mass is 300 g/mol. The molecule has 0 aliphatic rings. The van der Waals surface area contributed by atoms with Gasteiger partial charge in [0.2, 0.25) is 0 Å². The molecule has 22 heavy (non-hydrogen) atoms. The molecule has 118 valence electrons. The molecule has 0 unspecified atom stereocenters. The third-order valence-corrected chi connectivity index (χ3v) is 4.11. The average molecular weight is 300 g/mol. The topological polar surface area (TPSA) is 43.3 Å². The Morgan fingerprint density at radius 1 is 1.32 bits per heavy atom. The smallest absolute Gasteiger partial charge is 0.332 e.